The minimum absolute atomic E-state index is 0.147. The molecule has 32 heavy (non-hydrogen) atoms. The van der Waals surface area contributed by atoms with E-state index < -0.39 is 17.4 Å². The van der Waals surface area contributed by atoms with Crippen molar-refractivity contribution in [1.82, 2.24) is 5.64 Å². The molecule has 0 saturated carbocycles. The molecule has 5 nitrogen and oxygen atoms in total. The molecule has 0 radical (unpaired) electrons. The second-order valence-corrected chi connectivity index (χ2v) is 11.0. The normalized spacial score (nSPS) is 48.5. The Hall–Kier alpha value is -1.14. The molecule has 2 bridgehead atoms. The van der Waals surface area contributed by atoms with Crippen molar-refractivity contribution in [2.75, 3.05) is 0 Å². The Morgan fingerprint density at radius 3 is 2.53 bits per heavy atom. The Morgan fingerprint density at radius 2 is 1.75 bits per heavy atom. The molecule has 178 valence electrons. The molecular formula is C26H38ClNO4. The average Bonchev–Trinajstić information content (AvgIpc) is 2.74. The smallest absolute Gasteiger partial charge is 0.311 e. The first-order valence-corrected chi connectivity index (χ1v) is 12.6. The lowest BCUT2D eigenvalue weighted by Gasteiger charge is -2.51. The van der Waals surface area contributed by atoms with Crippen molar-refractivity contribution < 1.29 is 19.2 Å². The molecule has 0 aromatic carbocycles. The van der Waals surface area contributed by atoms with Crippen LogP contribution in [-0.4, -0.2) is 29.7 Å². The Kier molecular flexibility index (Phi) is 7.50. The van der Waals surface area contributed by atoms with E-state index >= 15 is 0 Å². The lowest BCUT2D eigenvalue weighted by atomic mass is 9.57. The van der Waals surface area contributed by atoms with Gasteiger partial charge in [-0.1, -0.05) is 55.4 Å². The highest BCUT2D eigenvalue weighted by Gasteiger charge is 2.52. The van der Waals surface area contributed by atoms with Crippen LogP contribution in [0.15, 0.2) is 36.0 Å². The fourth-order valence-corrected chi connectivity index (χ4v) is 6.86. The van der Waals surface area contributed by atoms with Crippen molar-refractivity contribution in [1.29, 1.82) is 0 Å². The number of hydrogen-bond acceptors (Lipinski definition) is 5. The fraction of sp³-hybridized carbons (Fsp3) is 0.731. The van der Waals surface area contributed by atoms with Gasteiger partial charge in [0.25, 0.3) is 0 Å². The highest BCUT2D eigenvalue weighted by atomic mass is 35.5. The van der Waals surface area contributed by atoms with Crippen LogP contribution in [0.25, 0.3) is 0 Å². The standard InChI is InChI=1S/C26H38ClNO4/c1-14-12-16(3)21-19(13-14)10-11-20-15(2)8-6-7-9-17(4)30-26(29)18(5)24-23(27)25(22(20)21)32-28-31-24/h6,8,10-12,15-25,28H,7,9,13H2,1-5H3/b8-6-/t15-,16-,17+,18+,19-,20+,21-,22-,23?,24?,25?/m1/s1. The van der Waals surface area contributed by atoms with Crippen molar-refractivity contribution in [2.45, 2.75) is 77.6 Å². The molecule has 1 saturated heterocycles. The van der Waals surface area contributed by atoms with Crippen LogP contribution in [0.5, 0.6) is 0 Å². The predicted octanol–water partition coefficient (Wildman–Crippen LogP) is 5.37. The van der Waals surface area contributed by atoms with E-state index in [2.05, 4.69) is 56.8 Å². The number of ether oxygens (including phenoxy) is 1. The van der Waals surface area contributed by atoms with Crippen molar-refractivity contribution in [3.8, 4) is 0 Å². The van der Waals surface area contributed by atoms with Crippen molar-refractivity contribution in [3.05, 3.63) is 36.0 Å². The van der Waals surface area contributed by atoms with Gasteiger partial charge in [-0.05, 0) is 75.5 Å². The van der Waals surface area contributed by atoms with Gasteiger partial charge in [0.15, 0.2) is 0 Å². The number of allylic oxidation sites excluding steroid dienone is 6. The maximum atomic E-state index is 12.8. The average molecular weight is 464 g/mol. The summed E-state index contributed by atoms with van der Waals surface area (Å²) in [5.41, 5.74) is 4.13. The van der Waals surface area contributed by atoms with E-state index in [1.165, 1.54) is 5.57 Å². The third-order valence-corrected chi connectivity index (χ3v) is 8.52. The van der Waals surface area contributed by atoms with Crippen molar-refractivity contribution >= 4 is 17.6 Å². The van der Waals surface area contributed by atoms with Gasteiger partial charge in [0.05, 0.1) is 17.4 Å². The SMILES string of the molecule is CC1=C[C@@H](C)[C@H]2[C@@H]3C4ONOC(C4Cl)[C@H](C)C(=O)O[C@@H](C)CC/C=C\[C@@H](C)[C@@H]3C=C[C@@H]2C1. The number of alkyl halides is 1. The molecule has 11 atom stereocenters. The first-order valence-electron chi connectivity index (χ1n) is 12.2. The maximum Gasteiger partial charge on any atom is 0.311 e. The number of nitrogens with one attached hydrogen (secondary N) is 1. The fourth-order valence-electron chi connectivity index (χ4n) is 6.37. The maximum absolute atomic E-state index is 12.8. The third kappa shape index (κ3) is 4.72. The second kappa shape index (κ2) is 10.0. The lowest BCUT2D eigenvalue weighted by molar-refractivity contribution is -0.292. The van der Waals surface area contributed by atoms with E-state index in [1.54, 1.807) is 0 Å². The number of esters is 1. The molecule has 3 unspecified atom stereocenters. The number of hydrogen-bond donors (Lipinski definition) is 1. The molecule has 4 aliphatic rings. The highest BCUT2D eigenvalue weighted by Crippen LogP contribution is 2.51. The summed E-state index contributed by atoms with van der Waals surface area (Å²) in [7, 11) is 0. The zero-order chi connectivity index (χ0) is 23.0. The van der Waals surface area contributed by atoms with Crippen molar-refractivity contribution in [2.24, 2.45) is 41.4 Å². The minimum atomic E-state index is -0.523. The van der Waals surface area contributed by atoms with Crippen LogP contribution in [-0.2, 0) is 19.2 Å². The molecule has 0 amide bonds. The van der Waals surface area contributed by atoms with Gasteiger partial charge in [0.1, 0.15) is 12.2 Å². The highest BCUT2D eigenvalue weighted by molar-refractivity contribution is 6.21. The Balaban J connectivity index is 1.74. The van der Waals surface area contributed by atoms with E-state index in [1.807, 2.05) is 13.8 Å². The van der Waals surface area contributed by atoms with Crippen LogP contribution >= 0.6 is 11.6 Å². The van der Waals surface area contributed by atoms with E-state index in [4.69, 9.17) is 26.0 Å². The molecule has 2 heterocycles. The molecule has 0 aromatic rings. The summed E-state index contributed by atoms with van der Waals surface area (Å²) in [5, 5.41) is -0.466. The summed E-state index contributed by atoms with van der Waals surface area (Å²) in [5.74, 6) is 1.42. The van der Waals surface area contributed by atoms with Gasteiger partial charge < -0.3 is 4.74 Å². The van der Waals surface area contributed by atoms with Gasteiger partial charge in [-0.3, -0.25) is 14.5 Å². The minimum Gasteiger partial charge on any atom is -0.462 e. The first-order chi connectivity index (χ1) is 15.3. The van der Waals surface area contributed by atoms with Gasteiger partial charge in [0, 0.05) is 0 Å². The van der Waals surface area contributed by atoms with Crippen LogP contribution < -0.4 is 5.64 Å². The van der Waals surface area contributed by atoms with E-state index in [-0.39, 0.29) is 24.1 Å². The predicted molar refractivity (Wildman–Crippen MR) is 125 cm³/mol. The second-order valence-electron chi connectivity index (χ2n) is 10.5. The number of cyclic esters (lactones) is 1. The number of rotatable bonds is 0. The summed E-state index contributed by atoms with van der Waals surface area (Å²) in [4.78, 5) is 24.5. The third-order valence-electron chi connectivity index (χ3n) is 8.02. The summed E-state index contributed by atoms with van der Waals surface area (Å²) >= 11 is 7.07. The summed E-state index contributed by atoms with van der Waals surface area (Å²) < 4.78 is 5.70. The first kappa shape index (κ1) is 24.0. The number of carbonyl (C=O) groups excluding carboxylic acids is 1. The van der Waals surface area contributed by atoms with Crippen LogP contribution in [0.3, 0.4) is 0 Å². The molecule has 1 N–H and O–H groups in total. The zero-order valence-electron chi connectivity index (χ0n) is 19.9. The van der Waals surface area contributed by atoms with Crippen LogP contribution in [0.4, 0.5) is 0 Å². The molecule has 2 aliphatic heterocycles. The Bertz CT molecular complexity index is 780. The van der Waals surface area contributed by atoms with E-state index in [9.17, 15) is 4.79 Å². The van der Waals surface area contributed by atoms with Crippen molar-refractivity contribution in [3.63, 3.8) is 0 Å². The number of fused-ring (bicyclic) bond motifs is 6. The molecule has 2 aliphatic carbocycles. The molecule has 4 rings (SSSR count). The lowest BCUT2D eigenvalue weighted by Crippen LogP contribution is -2.59. The topological polar surface area (TPSA) is 56.8 Å². The quantitative estimate of drug-likeness (QED) is 0.297. The molecule has 1 fully saturated rings. The largest absolute Gasteiger partial charge is 0.462 e. The number of halogens is 1. The molecule has 6 heteroatoms. The summed E-state index contributed by atoms with van der Waals surface area (Å²) in [6, 6.07) is 0. The monoisotopic (exact) mass is 463 g/mol. The Morgan fingerprint density at radius 1 is 1.00 bits per heavy atom. The summed E-state index contributed by atoms with van der Waals surface area (Å²) in [6.45, 7) is 10.6. The molecular weight excluding hydrogens is 426 g/mol. The molecule has 0 spiro atoms. The van der Waals surface area contributed by atoms with E-state index in [0.717, 1.165) is 19.3 Å². The van der Waals surface area contributed by atoms with E-state index in [0.29, 0.717) is 29.6 Å². The van der Waals surface area contributed by atoms with Gasteiger partial charge in [-0.15, -0.1) is 11.6 Å². The summed E-state index contributed by atoms with van der Waals surface area (Å²) in [6.07, 6.45) is 13.6. The number of carbonyl (C=O) groups is 1. The Labute approximate surface area is 197 Å². The van der Waals surface area contributed by atoms with Gasteiger partial charge in [-0.2, -0.15) is 0 Å². The van der Waals surface area contributed by atoms with Gasteiger partial charge >= 0.3 is 5.97 Å². The van der Waals surface area contributed by atoms with Crippen LogP contribution in [0.2, 0.25) is 0 Å². The van der Waals surface area contributed by atoms with Crippen LogP contribution in [0.1, 0.15) is 53.9 Å². The molecule has 0 aromatic heterocycles. The van der Waals surface area contributed by atoms with Gasteiger partial charge in [0.2, 0.25) is 0 Å². The van der Waals surface area contributed by atoms with Gasteiger partial charge in [-0.25, -0.2) is 0 Å². The van der Waals surface area contributed by atoms with Crippen LogP contribution in [0, 0.1) is 41.4 Å². The zero-order valence-corrected chi connectivity index (χ0v) is 20.6.